The van der Waals surface area contributed by atoms with Crippen molar-refractivity contribution < 1.29 is 22.7 Å². The molecule has 146 valence electrons. The lowest BCUT2D eigenvalue weighted by molar-refractivity contribution is -0.123. The molecule has 1 amide bonds. The Balaban J connectivity index is 2.15. The third kappa shape index (κ3) is 4.86. The first-order valence-corrected chi connectivity index (χ1v) is 9.79. The van der Waals surface area contributed by atoms with Crippen molar-refractivity contribution in [1.82, 2.24) is 4.72 Å². The van der Waals surface area contributed by atoms with E-state index in [9.17, 15) is 18.0 Å². The smallest absolute Gasteiger partial charge is 0.338 e. The molecule has 2 rings (SSSR count). The highest BCUT2D eigenvalue weighted by Gasteiger charge is 2.23. The number of nitriles is 1. The van der Waals surface area contributed by atoms with Crippen LogP contribution < -0.4 is 10.0 Å². The van der Waals surface area contributed by atoms with E-state index in [2.05, 4.69) is 10.0 Å². The standard InChI is InChI=1S/C18H16ClN3O5S/c1-11(17(23)22-15-6-4-3-5-13(15)10-20)27-18(24)12-7-8-14(19)16(9-12)28(25,26)21-2/h3-9,11,21H,1-2H3,(H,22,23). The van der Waals surface area contributed by atoms with E-state index >= 15 is 0 Å². The molecule has 10 heteroatoms. The molecular formula is C18H16ClN3O5S. The molecule has 2 aromatic rings. The second-order valence-corrected chi connectivity index (χ2v) is 7.81. The number of carbonyl (C=O) groups is 2. The SMILES string of the molecule is CNS(=O)(=O)c1cc(C(=O)OC(C)C(=O)Nc2ccccc2C#N)ccc1Cl. The Morgan fingerprint density at radius 3 is 2.54 bits per heavy atom. The number of para-hydroxylation sites is 1. The molecule has 0 saturated heterocycles. The average Bonchev–Trinajstić information content (AvgIpc) is 2.68. The fourth-order valence-electron chi connectivity index (χ4n) is 2.15. The van der Waals surface area contributed by atoms with Gasteiger partial charge in [-0.1, -0.05) is 23.7 Å². The van der Waals surface area contributed by atoms with Crippen LogP contribution in [-0.2, 0) is 19.6 Å². The third-order valence-corrected chi connectivity index (χ3v) is 5.58. The number of hydrogen-bond donors (Lipinski definition) is 2. The molecule has 0 spiro atoms. The number of halogens is 1. The topological polar surface area (TPSA) is 125 Å². The molecule has 0 aliphatic heterocycles. The summed E-state index contributed by atoms with van der Waals surface area (Å²) in [5.74, 6) is -1.55. The Bertz CT molecular complexity index is 1060. The van der Waals surface area contributed by atoms with Gasteiger partial charge in [0.2, 0.25) is 10.0 Å². The van der Waals surface area contributed by atoms with Crippen LogP contribution in [0.25, 0.3) is 0 Å². The zero-order valence-corrected chi connectivity index (χ0v) is 16.5. The van der Waals surface area contributed by atoms with Gasteiger partial charge in [-0.05, 0) is 44.3 Å². The summed E-state index contributed by atoms with van der Waals surface area (Å²) in [6.07, 6.45) is -1.20. The number of benzene rings is 2. The molecule has 2 N–H and O–H groups in total. The van der Waals surface area contributed by atoms with Crippen molar-refractivity contribution in [1.29, 1.82) is 5.26 Å². The highest BCUT2D eigenvalue weighted by atomic mass is 35.5. The van der Waals surface area contributed by atoms with E-state index in [-0.39, 0.29) is 26.7 Å². The first kappa shape index (κ1) is 21.4. The molecule has 0 aromatic heterocycles. The number of nitrogens with zero attached hydrogens (tertiary/aromatic N) is 1. The second-order valence-electron chi connectivity index (χ2n) is 5.55. The van der Waals surface area contributed by atoms with Gasteiger partial charge in [-0.3, -0.25) is 4.79 Å². The molecule has 8 nitrogen and oxygen atoms in total. The Hall–Kier alpha value is -2.93. The van der Waals surface area contributed by atoms with Crippen LogP contribution >= 0.6 is 11.6 Å². The zero-order chi connectivity index (χ0) is 20.9. The minimum Gasteiger partial charge on any atom is -0.449 e. The van der Waals surface area contributed by atoms with Crippen molar-refractivity contribution in [3.63, 3.8) is 0 Å². The van der Waals surface area contributed by atoms with Gasteiger partial charge < -0.3 is 10.1 Å². The molecule has 0 aliphatic carbocycles. The molecule has 0 heterocycles. The van der Waals surface area contributed by atoms with Crippen LogP contribution in [0.1, 0.15) is 22.8 Å². The van der Waals surface area contributed by atoms with E-state index in [0.717, 1.165) is 6.07 Å². The summed E-state index contributed by atoms with van der Waals surface area (Å²) in [5, 5.41) is 11.5. The van der Waals surface area contributed by atoms with Crippen LogP contribution in [0.15, 0.2) is 47.4 Å². The van der Waals surface area contributed by atoms with E-state index < -0.39 is 28.0 Å². The van der Waals surface area contributed by atoms with E-state index in [0.29, 0.717) is 0 Å². The van der Waals surface area contributed by atoms with Gasteiger partial charge in [0.05, 0.1) is 21.8 Å². The number of ether oxygens (including phenoxy) is 1. The maximum atomic E-state index is 12.3. The minimum absolute atomic E-state index is 0.0650. The average molecular weight is 422 g/mol. The molecule has 0 fully saturated rings. The summed E-state index contributed by atoms with van der Waals surface area (Å²) in [5.41, 5.74) is 0.455. The van der Waals surface area contributed by atoms with Gasteiger partial charge >= 0.3 is 5.97 Å². The van der Waals surface area contributed by atoms with Gasteiger partial charge in [-0.2, -0.15) is 5.26 Å². The summed E-state index contributed by atoms with van der Waals surface area (Å²) in [4.78, 5) is 24.3. The molecule has 0 saturated carbocycles. The molecular weight excluding hydrogens is 406 g/mol. The van der Waals surface area contributed by atoms with Crippen molar-refractivity contribution >= 4 is 39.2 Å². The number of hydrogen-bond acceptors (Lipinski definition) is 6. The van der Waals surface area contributed by atoms with E-state index in [1.807, 2.05) is 6.07 Å². The summed E-state index contributed by atoms with van der Waals surface area (Å²) >= 11 is 5.88. The summed E-state index contributed by atoms with van der Waals surface area (Å²) in [6, 6.07) is 11.9. The lowest BCUT2D eigenvalue weighted by Crippen LogP contribution is -2.30. The van der Waals surface area contributed by atoms with Crippen molar-refractivity contribution in [2.75, 3.05) is 12.4 Å². The van der Waals surface area contributed by atoms with Gasteiger partial charge in [0.25, 0.3) is 5.91 Å². The summed E-state index contributed by atoms with van der Waals surface area (Å²) in [6.45, 7) is 1.35. The maximum Gasteiger partial charge on any atom is 0.338 e. The zero-order valence-electron chi connectivity index (χ0n) is 14.9. The van der Waals surface area contributed by atoms with E-state index in [1.165, 1.54) is 32.2 Å². The Labute approximate surface area is 167 Å². The van der Waals surface area contributed by atoms with Crippen LogP contribution in [0.4, 0.5) is 5.69 Å². The Kier molecular flexibility index (Phi) is 6.75. The number of esters is 1. The lowest BCUT2D eigenvalue weighted by Gasteiger charge is -2.14. The monoisotopic (exact) mass is 421 g/mol. The molecule has 0 bridgehead atoms. The Morgan fingerprint density at radius 1 is 1.21 bits per heavy atom. The van der Waals surface area contributed by atoms with Crippen LogP contribution in [0.2, 0.25) is 5.02 Å². The van der Waals surface area contributed by atoms with Gasteiger partial charge in [0, 0.05) is 0 Å². The number of rotatable bonds is 6. The highest BCUT2D eigenvalue weighted by molar-refractivity contribution is 7.89. The van der Waals surface area contributed by atoms with Gasteiger partial charge in [0.1, 0.15) is 11.0 Å². The number of carbonyl (C=O) groups excluding carboxylic acids is 2. The first-order valence-electron chi connectivity index (χ1n) is 7.93. The van der Waals surface area contributed by atoms with Crippen LogP contribution in [0.5, 0.6) is 0 Å². The van der Waals surface area contributed by atoms with Crippen LogP contribution in [0.3, 0.4) is 0 Å². The predicted octanol–water partition coefficient (Wildman–Crippen LogP) is 2.30. The summed E-state index contributed by atoms with van der Waals surface area (Å²) < 4.78 is 31.1. The molecule has 28 heavy (non-hydrogen) atoms. The van der Waals surface area contributed by atoms with Crippen LogP contribution in [0, 0.1) is 11.3 Å². The third-order valence-electron chi connectivity index (χ3n) is 3.68. The Morgan fingerprint density at radius 2 is 1.89 bits per heavy atom. The molecule has 2 aromatic carbocycles. The van der Waals surface area contributed by atoms with Crippen LogP contribution in [-0.4, -0.2) is 33.4 Å². The predicted molar refractivity (Wildman–Crippen MR) is 102 cm³/mol. The molecule has 0 aliphatic rings. The number of anilines is 1. The number of amides is 1. The molecule has 1 unspecified atom stereocenters. The van der Waals surface area contributed by atoms with Crippen molar-refractivity contribution in [3.05, 3.63) is 58.6 Å². The largest absolute Gasteiger partial charge is 0.449 e. The minimum atomic E-state index is -3.88. The van der Waals surface area contributed by atoms with E-state index in [4.69, 9.17) is 21.6 Å². The molecule has 1 atom stereocenters. The van der Waals surface area contributed by atoms with Gasteiger partial charge in [0.15, 0.2) is 6.10 Å². The fourth-order valence-corrected chi connectivity index (χ4v) is 3.40. The normalized spacial score (nSPS) is 11.9. The number of sulfonamides is 1. The highest BCUT2D eigenvalue weighted by Crippen LogP contribution is 2.23. The maximum absolute atomic E-state index is 12.3. The van der Waals surface area contributed by atoms with Gasteiger partial charge in [-0.25, -0.2) is 17.9 Å². The fraction of sp³-hybridized carbons (Fsp3) is 0.167. The van der Waals surface area contributed by atoms with Crippen molar-refractivity contribution in [2.24, 2.45) is 0 Å². The molecule has 0 radical (unpaired) electrons. The van der Waals surface area contributed by atoms with Crippen molar-refractivity contribution in [2.45, 2.75) is 17.9 Å². The van der Waals surface area contributed by atoms with E-state index in [1.54, 1.807) is 18.2 Å². The second kappa shape index (κ2) is 8.84. The number of nitrogens with one attached hydrogen (secondary N) is 2. The first-order chi connectivity index (χ1) is 13.2. The lowest BCUT2D eigenvalue weighted by atomic mass is 10.2. The summed E-state index contributed by atoms with van der Waals surface area (Å²) in [7, 11) is -2.67. The quantitative estimate of drug-likeness (QED) is 0.689. The van der Waals surface area contributed by atoms with Crippen molar-refractivity contribution in [3.8, 4) is 6.07 Å². The van der Waals surface area contributed by atoms with Gasteiger partial charge in [-0.15, -0.1) is 0 Å².